The first-order chi connectivity index (χ1) is 7.65. The van der Waals surface area contributed by atoms with Gasteiger partial charge in [-0.15, -0.1) is 0 Å². The molecule has 1 rings (SSSR count). The molecule has 0 amide bonds. The summed E-state index contributed by atoms with van der Waals surface area (Å²) in [6, 6.07) is 4.52. The molecule has 0 aliphatic rings. The van der Waals surface area contributed by atoms with Crippen LogP contribution in [0.5, 0.6) is 5.75 Å². The summed E-state index contributed by atoms with van der Waals surface area (Å²) >= 11 is 0. The van der Waals surface area contributed by atoms with Crippen LogP contribution in [0.2, 0.25) is 0 Å². The molecule has 0 aliphatic carbocycles. The van der Waals surface area contributed by atoms with E-state index in [1.54, 1.807) is 6.07 Å². The first-order valence-electron chi connectivity index (χ1n) is 5.45. The minimum Gasteiger partial charge on any atom is -0.507 e. The summed E-state index contributed by atoms with van der Waals surface area (Å²) in [4.78, 5) is 10.8. The Kier molecular flexibility index (Phi) is 4.64. The molecular formula is C12H17NO3. The molecule has 16 heavy (non-hydrogen) atoms. The van der Waals surface area contributed by atoms with Crippen molar-refractivity contribution in [3.8, 4) is 5.75 Å². The quantitative estimate of drug-likeness (QED) is 0.512. The second-order valence-electron chi connectivity index (χ2n) is 3.67. The van der Waals surface area contributed by atoms with Crippen molar-refractivity contribution in [1.29, 1.82) is 0 Å². The van der Waals surface area contributed by atoms with E-state index in [2.05, 4.69) is 12.2 Å². The Morgan fingerprint density at radius 3 is 2.75 bits per heavy atom. The Hall–Kier alpha value is -1.71. The number of benzene rings is 1. The van der Waals surface area contributed by atoms with E-state index in [9.17, 15) is 9.90 Å². The van der Waals surface area contributed by atoms with Crippen molar-refractivity contribution in [2.45, 2.75) is 26.2 Å². The minimum absolute atomic E-state index is 0.0690. The molecule has 0 bridgehead atoms. The normalized spacial score (nSPS) is 10.1. The van der Waals surface area contributed by atoms with E-state index >= 15 is 0 Å². The van der Waals surface area contributed by atoms with Gasteiger partial charge in [-0.05, 0) is 24.6 Å². The molecule has 0 spiro atoms. The third kappa shape index (κ3) is 3.46. The molecule has 4 nitrogen and oxygen atoms in total. The molecule has 0 aromatic heterocycles. The lowest BCUT2D eigenvalue weighted by Crippen LogP contribution is -2.03. The third-order valence-electron chi connectivity index (χ3n) is 2.34. The maximum absolute atomic E-state index is 10.8. The highest BCUT2D eigenvalue weighted by atomic mass is 16.4. The van der Waals surface area contributed by atoms with Gasteiger partial charge in [0.1, 0.15) is 11.3 Å². The standard InChI is InChI=1S/C12H17NO3/c1-2-3-4-7-13-9-5-6-11(14)10(8-9)12(15)16/h5-6,8,13-14H,2-4,7H2,1H3,(H,15,16). The van der Waals surface area contributed by atoms with Crippen molar-refractivity contribution in [2.75, 3.05) is 11.9 Å². The van der Waals surface area contributed by atoms with Crippen LogP contribution >= 0.6 is 0 Å². The average molecular weight is 223 g/mol. The van der Waals surface area contributed by atoms with E-state index in [1.165, 1.54) is 12.1 Å². The van der Waals surface area contributed by atoms with Crippen LogP contribution in [0, 0.1) is 0 Å². The van der Waals surface area contributed by atoms with Crippen LogP contribution in [-0.2, 0) is 0 Å². The summed E-state index contributed by atoms with van der Waals surface area (Å²) in [5.41, 5.74) is 0.659. The number of unbranched alkanes of at least 4 members (excludes halogenated alkanes) is 2. The van der Waals surface area contributed by atoms with Crippen molar-refractivity contribution < 1.29 is 15.0 Å². The number of anilines is 1. The lowest BCUT2D eigenvalue weighted by molar-refractivity contribution is 0.0694. The average Bonchev–Trinajstić information content (AvgIpc) is 2.26. The Morgan fingerprint density at radius 1 is 1.38 bits per heavy atom. The van der Waals surface area contributed by atoms with Crippen molar-refractivity contribution in [1.82, 2.24) is 0 Å². The van der Waals surface area contributed by atoms with E-state index in [1.807, 2.05) is 0 Å². The maximum Gasteiger partial charge on any atom is 0.339 e. The first-order valence-corrected chi connectivity index (χ1v) is 5.45. The topological polar surface area (TPSA) is 69.6 Å². The van der Waals surface area contributed by atoms with Crippen LogP contribution < -0.4 is 5.32 Å². The zero-order valence-corrected chi connectivity index (χ0v) is 9.36. The lowest BCUT2D eigenvalue weighted by atomic mass is 10.1. The predicted molar refractivity (Wildman–Crippen MR) is 63.1 cm³/mol. The number of aromatic carboxylic acids is 1. The molecule has 4 heteroatoms. The van der Waals surface area contributed by atoms with Crippen molar-refractivity contribution in [2.24, 2.45) is 0 Å². The molecule has 0 saturated carbocycles. The number of hydrogen-bond donors (Lipinski definition) is 3. The fourth-order valence-electron chi connectivity index (χ4n) is 1.43. The number of rotatable bonds is 6. The number of carboxylic acids is 1. The van der Waals surface area contributed by atoms with Gasteiger partial charge < -0.3 is 15.5 Å². The molecule has 0 aliphatic heterocycles. The van der Waals surface area contributed by atoms with Gasteiger partial charge in [-0.3, -0.25) is 0 Å². The summed E-state index contributed by atoms with van der Waals surface area (Å²) in [5.74, 6) is -1.32. The van der Waals surface area contributed by atoms with Gasteiger partial charge in [-0.25, -0.2) is 4.79 Å². The van der Waals surface area contributed by atoms with E-state index in [-0.39, 0.29) is 11.3 Å². The van der Waals surface area contributed by atoms with Crippen LogP contribution in [0.25, 0.3) is 0 Å². The molecule has 1 aromatic carbocycles. The second kappa shape index (κ2) is 6.00. The number of nitrogens with one attached hydrogen (secondary N) is 1. The zero-order valence-electron chi connectivity index (χ0n) is 9.36. The summed E-state index contributed by atoms with van der Waals surface area (Å²) < 4.78 is 0. The summed E-state index contributed by atoms with van der Waals surface area (Å²) in [7, 11) is 0. The molecular weight excluding hydrogens is 206 g/mol. The minimum atomic E-state index is -1.12. The summed E-state index contributed by atoms with van der Waals surface area (Å²) in [6.45, 7) is 2.95. The molecule has 1 aromatic rings. The van der Waals surface area contributed by atoms with Crippen molar-refractivity contribution in [3.05, 3.63) is 23.8 Å². The Bertz CT molecular complexity index is 363. The fraction of sp³-hybridized carbons (Fsp3) is 0.417. The van der Waals surface area contributed by atoms with Crippen LogP contribution in [0.15, 0.2) is 18.2 Å². The molecule has 88 valence electrons. The van der Waals surface area contributed by atoms with Gasteiger partial charge in [0.05, 0.1) is 0 Å². The molecule has 0 saturated heterocycles. The third-order valence-corrected chi connectivity index (χ3v) is 2.34. The van der Waals surface area contributed by atoms with Gasteiger partial charge in [0.25, 0.3) is 0 Å². The number of hydrogen-bond acceptors (Lipinski definition) is 3. The highest BCUT2D eigenvalue weighted by Crippen LogP contribution is 2.21. The molecule has 0 heterocycles. The lowest BCUT2D eigenvalue weighted by Gasteiger charge is -2.07. The molecule has 0 radical (unpaired) electrons. The largest absolute Gasteiger partial charge is 0.507 e. The smallest absolute Gasteiger partial charge is 0.339 e. The van der Waals surface area contributed by atoms with Gasteiger partial charge in [-0.2, -0.15) is 0 Å². The SMILES string of the molecule is CCCCCNc1ccc(O)c(C(=O)O)c1. The summed E-state index contributed by atoms with van der Waals surface area (Å²) in [5, 5.41) is 21.2. The van der Waals surface area contributed by atoms with Gasteiger partial charge in [0.2, 0.25) is 0 Å². The van der Waals surface area contributed by atoms with Crippen LogP contribution in [0.4, 0.5) is 5.69 Å². The number of aromatic hydroxyl groups is 1. The van der Waals surface area contributed by atoms with Gasteiger partial charge in [0, 0.05) is 12.2 Å². The Morgan fingerprint density at radius 2 is 2.12 bits per heavy atom. The highest BCUT2D eigenvalue weighted by molar-refractivity contribution is 5.91. The Labute approximate surface area is 94.9 Å². The van der Waals surface area contributed by atoms with E-state index in [0.717, 1.165) is 31.5 Å². The number of carboxylic acid groups (broad SMARTS) is 1. The van der Waals surface area contributed by atoms with Crippen molar-refractivity contribution >= 4 is 11.7 Å². The predicted octanol–water partition coefficient (Wildman–Crippen LogP) is 2.69. The van der Waals surface area contributed by atoms with Crippen molar-refractivity contribution in [3.63, 3.8) is 0 Å². The van der Waals surface area contributed by atoms with Crippen LogP contribution in [-0.4, -0.2) is 22.7 Å². The molecule has 0 fully saturated rings. The van der Waals surface area contributed by atoms with E-state index in [4.69, 9.17) is 5.11 Å². The second-order valence-corrected chi connectivity index (χ2v) is 3.67. The molecule has 0 unspecified atom stereocenters. The van der Waals surface area contributed by atoms with Crippen LogP contribution in [0.3, 0.4) is 0 Å². The number of phenols is 1. The van der Waals surface area contributed by atoms with Gasteiger partial charge in [0.15, 0.2) is 0 Å². The monoisotopic (exact) mass is 223 g/mol. The van der Waals surface area contributed by atoms with Gasteiger partial charge in [-0.1, -0.05) is 19.8 Å². The van der Waals surface area contributed by atoms with E-state index < -0.39 is 5.97 Å². The first kappa shape index (κ1) is 12.4. The fourth-order valence-corrected chi connectivity index (χ4v) is 1.43. The van der Waals surface area contributed by atoms with E-state index in [0.29, 0.717) is 0 Å². The highest BCUT2D eigenvalue weighted by Gasteiger charge is 2.09. The number of carbonyl (C=O) groups is 1. The summed E-state index contributed by atoms with van der Waals surface area (Å²) in [6.07, 6.45) is 3.36. The zero-order chi connectivity index (χ0) is 12.0. The maximum atomic E-state index is 10.8. The van der Waals surface area contributed by atoms with Gasteiger partial charge >= 0.3 is 5.97 Å². The van der Waals surface area contributed by atoms with Crippen LogP contribution in [0.1, 0.15) is 36.5 Å². The molecule has 0 atom stereocenters. The Balaban J connectivity index is 2.61. The molecule has 3 N–H and O–H groups in total.